The number of carbonyl (C=O) groups excluding carboxylic acids is 1. The summed E-state index contributed by atoms with van der Waals surface area (Å²) in [5.74, 6) is -0.0284. The van der Waals surface area contributed by atoms with Crippen LogP contribution in [0.15, 0.2) is 67.3 Å². The Kier molecular flexibility index (Phi) is 5.27. The molecule has 2 aromatic carbocycles. The molecule has 3 aromatic rings. The Hall–Kier alpha value is -3.21. The van der Waals surface area contributed by atoms with Gasteiger partial charge in [-0.2, -0.15) is 5.10 Å². The Morgan fingerprint density at radius 3 is 2.62 bits per heavy atom. The van der Waals surface area contributed by atoms with E-state index in [4.69, 9.17) is 0 Å². The molecule has 0 radical (unpaired) electrons. The number of aryl methyl sites for hydroxylation is 1. The maximum atomic E-state index is 12.5. The lowest BCUT2D eigenvalue weighted by Crippen LogP contribution is -2.27. The first kappa shape index (κ1) is 17.6. The third-order valence-electron chi connectivity index (χ3n) is 4.45. The van der Waals surface area contributed by atoms with Crippen LogP contribution in [0.25, 0.3) is 11.8 Å². The number of carbonyl (C=O) groups is 1. The van der Waals surface area contributed by atoms with Crippen molar-refractivity contribution in [2.45, 2.75) is 19.9 Å². The molecular weight excluding hydrogens is 324 g/mol. The van der Waals surface area contributed by atoms with Crippen LogP contribution < -0.4 is 0 Å². The van der Waals surface area contributed by atoms with E-state index < -0.39 is 0 Å². The summed E-state index contributed by atoms with van der Waals surface area (Å²) in [5.41, 5.74) is 4.20. The first-order chi connectivity index (χ1) is 12.5. The van der Waals surface area contributed by atoms with Gasteiger partial charge in [-0.3, -0.25) is 4.79 Å². The molecule has 5 heteroatoms. The van der Waals surface area contributed by atoms with Gasteiger partial charge >= 0.3 is 0 Å². The van der Waals surface area contributed by atoms with Crippen LogP contribution in [0.5, 0.6) is 0 Å². The second-order valence-electron chi connectivity index (χ2n) is 6.30. The lowest BCUT2D eigenvalue weighted by molar-refractivity contribution is -0.126. The summed E-state index contributed by atoms with van der Waals surface area (Å²) in [6, 6.07) is 16.0. The minimum Gasteiger partial charge on any atom is -0.335 e. The monoisotopic (exact) mass is 346 g/mol. The van der Waals surface area contributed by atoms with E-state index in [0.717, 1.165) is 16.8 Å². The van der Waals surface area contributed by atoms with Gasteiger partial charge in [-0.15, -0.1) is 0 Å². The molecule has 0 spiro atoms. The summed E-state index contributed by atoms with van der Waals surface area (Å²) in [5, 5.41) is 4.12. The fourth-order valence-corrected chi connectivity index (χ4v) is 2.72. The van der Waals surface area contributed by atoms with E-state index >= 15 is 0 Å². The highest BCUT2D eigenvalue weighted by Gasteiger charge is 2.15. The number of benzene rings is 2. The molecule has 132 valence electrons. The van der Waals surface area contributed by atoms with Gasteiger partial charge in [-0.05, 0) is 43.2 Å². The Morgan fingerprint density at radius 1 is 1.19 bits per heavy atom. The number of likely N-dealkylation sites (N-methyl/N-ethyl adjacent to an activating group) is 1. The molecule has 0 aliphatic rings. The van der Waals surface area contributed by atoms with Crippen LogP contribution in [-0.2, 0) is 4.79 Å². The third kappa shape index (κ3) is 4.06. The summed E-state index contributed by atoms with van der Waals surface area (Å²) in [6.07, 6.45) is 6.63. The molecule has 0 unspecified atom stereocenters. The van der Waals surface area contributed by atoms with Crippen molar-refractivity contribution in [2.24, 2.45) is 0 Å². The van der Waals surface area contributed by atoms with Crippen molar-refractivity contribution >= 4 is 12.0 Å². The Bertz CT molecular complexity index is 898. The minimum absolute atomic E-state index is 0.0284. The molecule has 1 atom stereocenters. The Labute approximate surface area is 153 Å². The lowest BCUT2D eigenvalue weighted by Gasteiger charge is -2.24. The average Bonchev–Trinajstić information content (AvgIpc) is 3.20. The molecule has 26 heavy (non-hydrogen) atoms. The van der Waals surface area contributed by atoms with E-state index in [-0.39, 0.29) is 11.9 Å². The van der Waals surface area contributed by atoms with Gasteiger partial charge in [0.05, 0.1) is 11.7 Å². The molecule has 1 aromatic heterocycles. The van der Waals surface area contributed by atoms with Gasteiger partial charge in [0, 0.05) is 13.1 Å². The summed E-state index contributed by atoms with van der Waals surface area (Å²) in [4.78, 5) is 18.2. The number of aromatic nitrogens is 3. The largest absolute Gasteiger partial charge is 0.335 e. The highest BCUT2D eigenvalue weighted by Crippen LogP contribution is 2.20. The van der Waals surface area contributed by atoms with E-state index in [2.05, 4.69) is 16.1 Å². The van der Waals surface area contributed by atoms with Crippen LogP contribution in [0.3, 0.4) is 0 Å². The SMILES string of the molecule is Cc1cccc(/C=C/C(=O)N(C)[C@H](C)c2ccc(-n3cncn3)cc2)c1. The molecule has 1 amide bonds. The number of hydrogen-bond acceptors (Lipinski definition) is 3. The molecule has 5 nitrogen and oxygen atoms in total. The maximum Gasteiger partial charge on any atom is 0.246 e. The third-order valence-corrected chi connectivity index (χ3v) is 4.45. The molecule has 0 fully saturated rings. The standard InChI is InChI=1S/C21H22N4O/c1-16-5-4-6-18(13-16)7-12-21(26)24(3)17(2)19-8-10-20(11-9-19)25-15-22-14-23-25/h4-15,17H,1-3H3/b12-7+/t17-/m1/s1. The Balaban J connectivity index is 1.68. The van der Waals surface area contributed by atoms with Gasteiger partial charge in [0.1, 0.15) is 12.7 Å². The van der Waals surface area contributed by atoms with Crippen molar-refractivity contribution in [1.29, 1.82) is 0 Å². The fourth-order valence-electron chi connectivity index (χ4n) is 2.72. The lowest BCUT2D eigenvalue weighted by atomic mass is 10.1. The zero-order chi connectivity index (χ0) is 18.5. The van der Waals surface area contributed by atoms with Crippen LogP contribution in [0.2, 0.25) is 0 Å². The van der Waals surface area contributed by atoms with Crippen molar-refractivity contribution in [2.75, 3.05) is 7.05 Å². The molecule has 0 bridgehead atoms. The molecular formula is C21H22N4O. The van der Waals surface area contributed by atoms with Crippen LogP contribution >= 0.6 is 0 Å². The van der Waals surface area contributed by atoms with Crippen molar-refractivity contribution in [3.63, 3.8) is 0 Å². The molecule has 3 rings (SSSR count). The van der Waals surface area contributed by atoms with Gasteiger partial charge in [0.25, 0.3) is 0 Å². The van der Waals surface area contributed by atoms with Crippen molar-refractivity contribution in [3.8, 4) is 5.69 Å². The van der Waals surface area contributed by atoms with E-state index in [1.165, 1.54) is 11.9 Å². The van der Waals surface area contributed by atoms with Crippen molar-refractivity contribution in [3.05, 3.63) is 84.0 Å². The first-order valence-corrected chi connectivity index (χ1v) is 8.51. The number of hydrogen-bond donors (Lipinski definition) is 0. The maximum absolute atomic E-state index is 12.5. The number of amides is 1. The summed E-state index contributed by atoms with van der Waals surface area (Å²) >= 11 is 0. The molecule has 0 aliphatic heterocycles. The second-order valence-corrected chi connectivity index (χ2v) is 6.30. The number of nitrogens with zero attached hydrogens (tertiary/aromatic N) is 4. The van der Waals surface area contributed by atoms with Crippen molar-refractivity contribution in [1.82, 2.24) is 19.7 Å². The normalized spacial score (nSPS) is 12.3. The van der Waals surface area contributed by atoms with Crippen molar-refractivity contribution < 1.29 is 4.79 Å². The highest BCUT2D eigenvalue weighted by molar-refractivity contribution is 5.91. The van der Waals surface area contributed by atoms with Gasteiger partial charge in [-0.25, -0.2) is 9.67 Å². The van der Waals surface area contributed by atoms with Gasteiger partial charge in [0.15, 0.2) is 0 Å². The predicted octanol–water partition coefficient (Wildman–Crippen LogP) is 3.81. The van der Waals surface area contributed by atoms with E-state index in [9.17, 15) is 4.79 Å². The fraction of sp³-hybridized carbons (Fsp3) is 0.190. The van der Waals surface area contributed by atoms with Crippen LogP contribution in [-0.4, -0.2) is 32.6 Å². The molecule has 0 N–H and O–H groups in total. The first-order valence-electron chi connectivity index (χ1n) is 8.51. The van der Waals surface area contributed by atoms with Crippen LogP contribution in [0.4, 0.5) is 0 Å². The predicted molar refractivity (Wildman–Crippen MR) is 103 cm³/mol. The van der Waals surface area contributed by atoms with E-state index in [1.54, 1.807) is 22.0 Å². The summed E-state index contributed by atoms with van der Waals surface area (Å²) in [7, 11) is 1.82. The van der Waals surface area contributed by atoms with Gasteiger partial charge in [0.2, 0.25) is 5.91 Å². The highest BCUT2D eigenvalue weighted by atomic mass is 16.2. The quantitative estimate of drug-likeness (QED) is 0.660. The zero-order valence-corrected chi connectivity index (χ0v) is 15.2. The molecule has 0 saturated heterocycles. The van der Waals surface area contributed by atoms with Crippen LogP contribution in [0.1, 0.15) is 29.7 Å². The van der Waals surface area contributed by atoms with E-state index in [1.807, 2.05) is 69.4 Å². The van der Waals surface area contributed by atoms with E-state index in [0.29, 0.717) is 0 Å². The van der Waals surface area contributed by atoms with Crippen LogP contribution in [0, 0.1) is 6.92 Å². The molecule has 0 saturated carbocycles. The zero-order valence-electron chi connectivity index (χ0n) is 15.2. The second kappa shape index (κ2) is 7.78. The smallest absolute Gasteiger partial charge is 0.246 e. The summed E-state index contributed by atoms with van der Waals surface area (Å²) in [6.45, 7) is 4.05. The topological polar surface area (TPSA) is 51.0 Å². The summed E-state index contributed by atoms with van der Waals surface area (Å²) < 4.78 is 1.70. The molecule has 0 aliphatic carbocycles. The number of rotatable bonds is 5. The Morgan fingerprint density at radius 2 is 1.96 bits per heavy atom. The minimum atomic E-state index is -0.0329. The molecule has 1 heterocycles. The average molecular weight is 346 g/mol. The van der Waals surface area contributed by atoms with Gasteiger partial charge < -0.3 is 4.90 Å². The van der Waals surface area contributed by atoms with Gasteiger partial charge in [-0.1, -0.05) is 42.0 Å².